The molecule has 0 spiro atoms. The van der Waals surface area contributed by atoms with Crippen LogP contribution in [0.1, 0.15) is 18.1 Å². The summed E-state index contributed by atoms with van der Waals surface area (Å²) in [6, 6.07) is 8.23. The van der Waals surface area contributed by atoms with Crippen molar-refractivity contribution in [2.24, 2.45) is 0 Å². The lowest BCUT2D eigenvalue weighted by molar-refractivity contribution is 1.14. The average molecular weight is 191 g/mol. The molecule has 0 aliphatic heterocycles. The Labute approximate surface area is 84.2 Å². The highest BCUT2D eigenvalue weighted by Gasteiger charge is 1.87. The van der Waals surface area contributed by atoms with Gasteiger partial charge in [-0.15, -0.1) is 0 Å². The third-order valence-corrected chi connectivity index (χ3v) is 1.85. The number of allylic oxidation sites excluding steroid dienone is 1. The summed E-state index contributed by atoms with van der Waals surface area (Å²) in [7, 11) is 0. The predicted octanol–water partition coefficient (Wildman–Crippen LogP) is 3.35. The Hall–Kier alpha value is -1.19. The van der Waals surface area contributed by atoms with Crippen molar-refractivity contribution in [3.8, 4) is 11.8 Å². The summed E-state index contributed by atoms with van der Waals surface area (Å²) in [5.41, 5.74) is 3.76. The van der Waals surface area contributed by atoms with Crippen LogP contribution in [0.4, 0.5) is 0 Å². The normalized spacial score (nSPS) is 9.69. The van der Waals surface area contributed by atoms with Crippen molar-refractivity contribution < 1.29 is 0 Å². The Morgan fingerprint density at radius 3 is 2.54 bits per heavy atom. The van der Waals surface area contributed by atoms with Crippen LogP contribution in [-0.2, 0) is 6.42 Å². The maximum atomic E-state index is 5.33. The van der Waals surface area contributed by atoms with Crippen LogP contribution in [0.2, 0.25) is 0 Å². The highest BCUT2D eigenvalue weighted by atomic mass is 35.5. The van der Waals surface area contributed by atoms with Gasteiger partial charge in [0.1, 0.15) is 0 Å². The number of halogens is 1. The highest BCUT2D eigenvalue weighted by Crippen LogP contribution is 2.03. The maximum Gasteiger partial charge on any atom is 0.0249 e. The van der Waals surface area contributed by atoms with Gasteiger partial charge in [-0.2, -0.15) is 0 Å². The molecule has 13 heavy (non-hydrogen) atoms. The number of hydrogen-bond donors (Lipinski definition) is 0. The van der Waals surface area contributed by atoms with E-state index < -0.39 is 0 Å². The van der Waals surface area contributed by atoms with Gasteiger partial charge in [0.15, 0.2) is 0 Å². The van der Waals surface area contributed by atoms with Gasteiger partial charge >= 0.3 is 0 Å². The lowest BCUT2D eigenvalue weighted by Gasteiger charge is -1.94. The molecule has 0 bridgehead atoms. The average Bonchev–Trinajstić information content (AvgIpc) is 2.19. The molecule has 0 radical (unpaired) electrons. The van der Waals surface area contributed by atoms with Gasteiger partial charge < -0.3 is 0 Å². The van der Waals surface area contributed by atoms with E-state index in [4.69, 9.17) is 11.6 Å². The van der Waals surface area contributed by atoms with Crippen LogP contribution >= 0.6 is 11.6 Å². The van der Waals surface area contributed by atoms with Gasteiger partial charge in [0.05, 0.1) is 0 Å². The summed E-state index contributed by atoms with van der Waals surface area (Å²) in [6.07, 6.45) is 2.69. The molecule has 1 aromatic rings. The van der Waals surface area contributed by atoms with Crippen molar-refractivity contribution in [3.05, 3.63) is 47.0 Å². The van der Waals surface area contributed by atoms with E-state index in [1.807, 2.05) is 12.1 Å². The molecule has 0 unspecified atom stereocenters. The molecular weight excluding hydrogens is 180 g/mol. The Morgan fingerprint density at radius 2 is 2.00 bits per heavy atom. The molecule has 66 valence electrons. The minimum atomic E-state index is 1.02. The summed E-state index contributed by atoms with van der Waals surface area (Å²) in [6.45, 7) is 2.14. The predicted molar refractivity (Wildman–Crippen MR) is 57.7 cm³/mol. The van der Waals surface area contributed by atoms with Gasteiger partial charge in [0, 0.05) is 11.1 Å². The lowest BCUT2D eigenvalue weighted by atomic mass is 10.1. The van der Waals surface area contributed by atoms with Gasteiger partial charge in [0.25, 0.3) is 0 Å². The van der Waals surface area contributed by atoms with Gasteiger partial charge in [-0.25, -0.2) is 0 Å². The largest absolute Gasteiger partial charge is 0.0923 e. The molecule has 0 atom stereocenters. The monoisotopic (exact) mass is 190 g/mol. The van der Waals surface area contributed by atoms with E-state index in [-0.39, 0.29) is 0 Å². The van der Waals surface area contributed by atoms with Crippen molar-refractivity contribution in [2.45, 2.75) is 13.3 Å². The number of benzene rings is 1. The van der Waals surface area contributed by atoms with E-state index in [2.05, 4.69) is 30.9 Å². The van der Waals surface area contributed by atoms with Crippen LogP contribution in [0.15, 0.2) is 35.9 Å². The van der Waals surface area contributed by atoms with Crippen LogP contribution in [-0.4, -0.2) is 0 Å². The van der Waals surface area contributed by atoms with E-state index >= 15 is 0 Å². The fourth-order valence-corrected chi connectivity index (χ4v) is 1.04. The van der Waals surface area contributed by atoms with Crippen molar-refractivity contribution in [2.75, 3.05) is 0 Å². The van der Waals surface area contributed by atoms with Crippen LogP contribution < -0.4 is 0 Å². The van der Waals surface area contributed by atoms with Crippen molar-refractivity contribution in [1.29, 1.82) is 0 Å². The van der Waals surface area contributed by atoms with Crippen molar-refractivity contribution in [1.82, 2.24) is 0 Å². The molecule has 1 rings (SSSR count). The molecule has 0 fully saturated rings. The molecule has 0 saturated carbocycles. The molecule has 0 aromatic heterocycles. The van der Waals surface area contributed by atoms with E-state index in [0.29, 0.717) is 0 Å². The smallest absolute Gasteiger partial charge is 0.0249 e. The van der Waals surface area contributed by atoms with Gasteiger partial charge in [0.2, 0.25) is 0 Å². The SMILES string of the molecule is CCc1ccc(C#CC=CCl)cc1. The molecule has 0 amide bonds. The Bertz CT molecular complexity index is 336. The Morgan fingerprint density at radius 1 is 1.31 bits per heavy atom. The molecule has 0 aliphatic carbocycles. The first kappa shape index (κ1) is 9.89. The summed E-state index contributed by atoms with van der Waals surface area (Å²) in [5.74, 6) is 5.80. The maximum absolute atomic E-state index is 5.33. The molecule has 0 aliphatic rings. The summed E-state index contributed by atoms with van der Waals surface area (Å²) in [5, 5.41) is 0. The van der Waals surface area contributed by atoms with Crippen LogP contribution in [0.25, 0.3) is 0 Å². The lowest BCUT2D eigenvalue weighted by Crippen LogP contribution is -1.79. The van der Waals surface area contributed by atoms with Crippen molar-refractivity contribution in [3.63, 3.8) is 0 Å². The van der Waals surface area contributed by atoms with E-state index in [0.717, 1.165) is 12.0 Å². The molecule has 0 heterocycles. The first-order chi connectivity index (χ1) is 6.36. The summed E-state index contributed by atoms with van der Waals surface area (Å²) < 4.78 is 0. The first-order valence-electron chi connectivity index (χ1n) is 4.22. The second-order valence-corrected chi connectivity index (χ2v) is 2.86. The zero-order chi connectivity index (χ0) is 9.52. The molecule has 0 saturated heterocycles. The zero-order valence-corrected chi connectivity index (χ0v) is 8.31. The fraction of sp³-hybridized carbons (Fsp3) is 0.167. The third-order valence-electron chi connectivity index (χ3n) is 1.73. The van der Waals surface area contributed by atoms with Gasteiger partial charge in [-0.05, 0) is 30.2 Å². The number of hydrogen-bond acceptors (Lipinski definition) is 0. The molecule has 1 aromatic carbocycles. The van der Waals surface area contributed by atoms with Gasteiger partial charge in [-0.3, -0.25) is 0 Å². The quantitative estimate of drug-likeness (QED) is 0.596. The molecule has 1 heteroatoms. The van der Waals surface area contributed by atoms with Gasteiger partial charge in [-0.1, -0.05) is 42.5 Å². The fourth-order valence-electron chi connectivity index (χ4n) is 0.980. The van der Waals surface area contributed by atoms with E-state index in [9.17, 15) is 0 Å². The minimum Gasteiger partial charge on any atom is -0.0923 e. The second-order valence-electron chi connectivity index (χ2n) is 2.61. The topological polar surface area (TPSA) is 0 Å². The zero-order valence-electron chi connectivity index (χ0n) is 7.55. The number of rotatable bonds is 1. The molecule has 0 N–H and O–H groups in total. The van der Waals surface area contributed by atoms with E-state index in [1.54, 1.807) is 6.08 Å². The Kier molecular flexibility index (Phi) is 4.15. The Balaban J connectivity index is 2.76. The van der Waals surface area contributed by atoms with Crippen LogP contribution in [0.5, 0.6) is 0 Å². The standard InChI is InChI=1S/C12H11Cl/c1-2-11-6-8-12(9-7-11)5-3-4-10-13/h4,6-10H,2H2,1H3. The third kappa shape index (κ3) is 3.36. The first-order valence-corrected chi connectivity index (χ1v) is 4.66. The van der Waals surface area contributed by atoms with Crippen LogP contribution in [0.3, 0.4) is 0 Å². The summed E-state index contributed by atoms with van der Waals surface area (Å²) in [4.78, 5) is 0. The van der Waals surface area contributed by atoms with Crippen LogP contribution in [0, 0.1) is 11.8 Å². The minimum absolute atomic E-state index is 1.02. The summed E-state index contributed by atoms with van der Waals surface area (Å²) >= 11 is 5.33. The molecular formula is C12H11Cl. The second kappa shape index (κ2) is 5.45. The number of aryl methyl sites for hydroxylation is 1. The van der Waals surface area contributed by atoms with E-state index in [1.165, 1.54) is 11.1 Å². The molecule has 0 nitrogen and oxygen atoms in total. The van der Waals surface area contributed by atoms with Crippen molar-refractivity contribution >= 4 is 11.6 Å². The highest BCUT2D eigenvalue weighted by molar-refractivity contribution is 6.25.